The number of carboxylic acid groups (broad SMARTS) is 1. The molecule has 0 aliphatic carbocycles. The predicted octanol–water partition coefficient (Wildman–Crippen LogP) is 1.04. The number of nitrogens with one attached hydrogen (secondary N) is 1. The summed E-state index contributed by atoms with van der Waals surface area (Å²) in [6, 6.07) is 9.07. The Morgan fingerprint density at radius 3 is 2.29 bits per heavy atom. The molecule has 2 unspecified atom stereocenters. The van der Waals surface area contributed by atoms with E-state index in [1.807, 2.05) is 18.2 Å². The van der Waals surface area contributed by atoms with E-state index in [-0.39, 0.29) is 18.2 Å². The average Bonchev–Trinajstić information content (AvgIpc) is 2.29. The molecule has 0 heterocycles. The standard InChI is InChI=1S/C13H17NO3/c1-9(8-10(2)13(16)17)12(15)14-11-6-4-3-5-7-11/h3-7,9-10H,8H2,1-2H3,(H,14,15)(H,16,17)/p-1. The molecule has 0 aliphatic rings. The lowest BCUT2D eigenvalue weighted by Crippen LogP contribution is -2.32. The molecule has 0 spiro atoms. The van der Waals surface area contributed by atoms with Crippen molar-refractivity contribution in [3.8, 4) is 0 Å². The third-order valence-electron chi connectivity index (χ3n) is 2.60. The van der Waals surface area contributed by atoms with Gasteiger partial charge in [-0.2, -0.15) is 0 Å². The summed E-state index contributed by atoms with van der Waals surface area (Å²) >= 11 is 0. The van der Waals surface area contributed by atoms with Crippen LogP contribution < -0.4 is 10.4 Å². The van der Waals surface area contributed by atoms with Crippen molar-refractivity contribution in [2.24, 2.45) is 11.8 Å². The topological polar surface area (TPSA) is 69.2 Å². The molecule has 0 radical (unpaired) electrons. The Balaban J connectivity index is 2.50. The van der Waals surface area contributed by atoms with Gasteiger partial charge < -0.3 is 15.2 Å². The lowest BCUT2D eigenvalue weighted by atomic mass is 9.97. The van der Waals surface area contributed by atoms with Gasteiger partial charge in [0.1, 0.15) is 0 Å². The van der Waals surface area contributed by atoms with E-state index < -0.39 is 11.9 Å². The van der Waals surface area contributed by atoms with Crippen LogP contribution in [-0.4, -0.2) is 11.9 Å². The zero-order chi connectivity index (χ0) is 12.8. The molecular formula is C13H16NO3-. The Morgan fingerprint density at radius 1 is 1.18 bits per heavy atom. The Labute approximate surface area is 101 Å². The van der Waals surface area contributed by atoms with Gasteiger partial charge in [-0.3, -0.25) is 4.79 Å². The number of carboxylic acids is 1. The summed E-state index contributed by atoms with van der Waals surface area (Å²) in [6.07, 6.45) is 0.279. The molecule has 1 amide bonds. The Hall–Kier alpha value is -1.84. The minimum absolute atomic E-state index is 0.177. The molecule has 0 aromatic heterocycles. The first-order valence-electron chi connectivity index (χ1n) is 5.57. The van der Waals surface area contributed by atoms with Crippen molar-refractivity contribution in [2.75, 3.05) is 5.32 Å². The van der Waals surface area contributed by atoms with Crippen LogP contribution in [0, 0.1) is 11.8 Å². The van der Waals surface area contributed by atoms with Crippen LogP contribution in [0.4, 0.5) is 5.69 Å². The lowest BCUT2D eigenvalue weighted by molar-refractivity contribution is -0.311. The molecule has 2 atom stereocenters. The molecule has 4 heteroatoms. The van der Waals surface area contributed by atoms with Crippen LogP contribution in [-0.2, 0) is 9.59 Å². The van der Waals surface area contributed by atoms with Crippen LogP contribution in [0.5, 0.6) is 0 Å². The van der Waals surface area contributed by atoms with Crippen molar-refractivity contribution >= 4 is 17.6 Å². The third-order valence-corrected chi connectivity index (χ3v) is 2.60. The summed E-state index contributed by atoms with van der Waals surface area (Å²) in [5.41, 5.74) is 0.713. The number of amides is 1. The van der Waals surface area contributed by atoms with Crippen LogP contribution in [0.3, 0.4) is 0 Å². The van der Waals surface area contributed by atoms with Gasteiger partial charge in [-0.05, 0) is 24.5 Å². The first-order valence-corrected chi connectivity index (χ1v) is 5.57. The average molecular weight is 234 g/mol. The number of carbonyl (C=O) groups is 2. The zero-order valence-electron chi connectivity index (χ0n) is 9.97. The van der Waals surface area contributed by atoms with E-state index in [9.17, 15) is 14.7 Å². The monoisotopic (exact) mass is 234 g/mol. The number of hydrogen-bond acceptors (Lipinski definition) is 3. The molecule has 0 saturated heterocycles. The van der Waals surface area contributed by atoms with Gasteiger partial charge in [0.2, 0.25) is 5.91 Å². The van der Waals surface area contributed by atoms with E-state index in [4.69, 9.17) is 0 Å². The van der Waals surface area contributed by atoms with Gasteiger partial charge in [0.25, 0.3) is 0 Å². The molecule has 1 aromatic carbocycles. The molecule has 0 bridgehead atoms. The molecule has 1 aromatic rings. The maximum absolute atomic E-state index is 11.7. The second-order valence-electron chi connectivity index (χ2n) is 4.21. The van der Waals surface area contributed by atoms with Gasteiger partial charge >= 0.3 is 0 Å². The number of anilines is 1. The van der Waals surface area contributed by atoms with Gasteiger partial charge in [0.05, 0.1) is 0 Å². The maximum Gasteiger partial charge on any atom is 0.227 e. The molecule has 17 heavy (non-hydrogen) atoms. The molecule has 92 valence electrons. The summed E-state index contributed by atoms with van der Waals surface area (Å²) in [5, 5.41) is 13.3. The summed E-state index contributed by atoms with van der Waals surface area (Å²) in [5.74, 6) is -2.27. The minimum atomic E-state index is -1.12. The van der Waals surface area contributed by atoms with E-state index in [2.05, 4.69) is 5.32 Å². The summed E-state index contributed by atoms with van der Waals surface area (Å²) < 4.78 is 0. The Bertz CT molecular complexity index is 389. The first-order chi connectivity index (χ1) is 8.00. The van der Waals surface area contributed by atoms with Gasteiger partial charge in [-0.1, -0.05) is 32.0 Å². The number of benzene rings is 1. The highest BCUT2D eigenvalue weighted by Crippen LogP contribution is 2.14. The second-order valence-corrected chi connectivity index (χ2v) is 4.21. The van der Waals surface area contributed by atoms with Crippen LogP contribution >= 0.6 is 0 Å². The number of carbonyl (C=O) groups excluding carboxylic acids is 2. The first kappa shape index (κ1) is 13.2. The predicted molar refractivity (Wildman–Crippen MR) is 63.0 cm³/mol. The molecule has 1 rings (SSSR count). The van der Waals surface area contributed by atoms with Crippen molar-refractivity contribution in [2.45, 2.75) is 20.3 Å². The fourth-order valence-electron chi connectivity index (χ4n) is 1.52. The molecule has 0 aliphatic heterocycles. The second kappa shape index (κ2) is 6.03. The third kappa shape index (κ3) is 4.26. The highest BCUT2D eigenvalue weighted by molar-refractivity contribution is 5.92. The van der Waals surface area contributed by atoms with Crippen LogP contribution in [0.15, 0.2) is 30.3 Å². The Kier molecular flexibility index (Phi) is 4.69. The fraction of sp³-hybridized carbons (Fsp3) is 0.385. The molecule has 0 saturated carbocycles. The highest BCUT2D eigenvalue weighted by atomic mass is 16.4. The van der Waals surface area contributed by atoms with Crippen molar-refractivity contribution in [3.63, 3.8) is 0 Å². The van der Waals surface area contributed by atoms with E-state index in [0.717, 1.165) is 0 Å². The number of rotatable bonds is 5. The molecule has 1 N–H and O–H groups in total. The van der Waals surface area contributed by atoms with E-state index >= 15 is 0 Å². The molecular weight excluding hydrogens is 218 g/mol. The summed E-state index contributed by atoms with van der Waals surface area (Å²) in [6.45, 7) is 3.25. The molecule has 0 fully saturated rings. The van der Waals surface area contributed by atoms with Gasteiger partial charge in [0.15, 0.2) is 0 Å². The van der Waals surface area contributed by atoms with Crippen LogP contribution in [0.1, 0.15) is 20.3 Å². The van der Waals surface area contributed by atoms with Gasteiger partial charge in [-0.15, -0.1) is 0 Å². The summed E-state index contributed by atoms with van der Waals surface area (Å²) in [7, 11) is 0. The van der Waals surface area contributed by atoms with Gasteiger partial charge in [-0.25, -0.2) is 0 Å². The minimum Gasteiger partial charge on any atom is -0.550 e. The maximum atomic E-state index is 11.7. The van der Waals surface area contributed by atoms with Crippen molar-refractivity contribution in [1.82, 2.24) is 0 Å². The quantitative estimate of drug-likeness (QED) is 0.827. The fourth-order valence-corrected chi connectivity index (χ4v) is 1.52. The van der Waals surface area contributed by atoms with Gasteiger partial charge in [0, 0.05) is 17.6 Å². The normalized spacial score (nSPS) is 13.8. The van der Waals surface area contributed by atoms with Crippen molar-refractivity contribution < 1.29 is 14.7 Å². The van der Waals surface area contributed by atoms with Crippen molar-refractivity contribution in [1.29, 1.82) is 0 Å². The van der Waals surface area contributed by atoms with Crippen molar-refractivity contribution in [3.05, 3.63) is 30.3 Å². The van der Waals surface area contributed by atoms with Crippen LogP contribution in [0.25, 0.3) is 0 Å². The highest BCUT2D eigenvalue weighted by Gasteiger charge is 2.16. The van der Waals surface area contributed by atoms with E-state index in [1.165, 1.54) is 0 Å². The van der Waals surface area contributed by atoms with E-state index in [1.54, 1.807) is 26.0 Å². The largest absolute Gasteiger partial charge is 0.550 e. The smallest absolute Gasteiger partial charge is 0.227 e. The van der Waals surface area contributed by atoms with Crippen LogP contribution in [0.2, 0.25) is 0 Å². The lowest BCUT2D eigenvalue weighted by Gasteiger charge is -2.17. The molecule has 4 nitrogen and oxygen atoms in total. The Morgan fingerprint density at radius 2 is 1.76 bits per heavy atom. The number of aliphatic carboxylic acids is 1. The van der Waals surface area contributed by atoms with E-state index in [0.29, 0.717) is 5.69 Å². The zero-order valence-corrected chi connectivity index (χ0v) is 9.97. The number of para-hydroxylation sites is 1. The summed E-state index contributed by atoms with van der Waals surface area (Å²) in [4.78, 5) is 22.3. The number of hydrogen-bond donors (Lipinski definition) is 1. The SMILES string of the molecule is CC(CC(C)C(=O)Nc1ccccc1)C(=O)[O-].